The number of hydrogen-bond acceptors (Lipinski definition) is 2. The molecule has 0 bridgehead atoms. The Labute approximate surface area is 87.3 Å². The molecular weight excluding hydrogens is 174 g/mol. The molecule has 0 amide bonds. The predicted octanol–water partition coefficient (Wildman–Crippen LogP) is 3.53. The molecule has 0 N–H and O–H groups in total. The van der Waals surface area contributed by atoms with Crippen molar-refractivity contribution in [2.45, 2.75) is 34.1 Å². The van der Waals surface area contributed by atoms with Crippen molar-refractivity contribution in [1.82, 2.24) is 4.98 Å². The molecule has 2 heteroatoms. The van der Waals surface area contributed by atoms with Crippen LogP contribution in [0.2, 0.25) is 0 Å². The van der Waals surface area contributed by atoms with E-state index in [9.17, 15) is 0 Å². The summed E-state index contributed by atoms with van der Waals surface area (Å²) in [5, 5.41) is 0. The van der Waals surface area contributed by atoms with Gasteiger partial charge in [0.2, 0.25) is 0 Å². The summed E-state index contributed by atoms with van der Waals surface area (Å²) >= 11 is 0. The van der Waals surface area contributed by atoms with Gasteiger partial charge in [-0.25, -0.2) is 0 Å². The third-order valence-electron chi connectivity index (χ3n) is 1.60. The normalized spacial score (nSPS) is 9.21. The molecule has 0 aromatic carbocycles. The highest BCUT2D eigenvalue weighted by molar-refractivity contribution is 5.15. The summed E-state index contributed by atoms with van der Waals surface area (Å²) in [5.74, 6) is 1.56. The lowest BCUT2D eigenvalue weighted by Gasteiger charge is -2.06. The molecule has 0 saturated heterocycles. The summed E-state index contributed by atoms with van der Waals surface area (Å²) in [6.07, 6.45) is 4.57. The minimum absolute atomic E-state index is 0.696. The molecule has 0 saturated carbocycles. The summed E-state index contributed by atoms with van der Waals surface area (Å²) in [6.45, 7) is 9.16. The van der Waals surface area contributed by atoms with Crippen molar-refractivity contribution in [3.05, 3.63) is 24.5 Å². The van der Waals surface area contributed by atoms with Gasteiger partial charge in [0, 0.05) is 6.20 Å². The Morgan fingerprint density at radius 1 is 1.36 bits per heavy atom. The van der Waals surface area contributed by atoms with Gasteiger partial charge < -0.3 is 4.74 Å². The summed E-state index contributed by atoms with van der Waals surface area (Å²) in [7, 11) is 0. The van der Waals surface area contributed by atoms with Gasteiger partial charge in [-0.1, -0.05) is 27.7 Å². The van der Waals surface area contributed by atoms with E-state index >= 15 is 0 Å². The molecule has 0 fully saturated rings. The summed E-state index contributed by atoms with van der Waals surface area (Å²) in [6, 6.07) is 3.80. The molecule has 0 unspecified atom stereocenters. The van der Waals surface area contributed by atoms with Gasteiger partial charge in [-0.05, 0) is 24.5 Å². The van der Waals surface area contributed by atoms with Crippen molar-refractivity contribution in [1.29, 1.82) is 0 Å². The third-order valence-corrected chi connectivity index (χ3v) is 1.60. The quantitative estimate of drug-likeness (QED) is 0.733. The average molecular weight is 195 g/mol. The van der Waals surface area contributed by atoms with Gasteiger partial charge in [0.15, 0.2) is 0 Å². The Bertz CT molecular complexity index is 209. The van der Waals surface area contributed by atoms with E-state index in [-0.39, 0.29) is 0 Å². The van der Waals surface area contributed by atoms with Crippen LogP contribution in [0.3, 0.4) is 0 Å². The highest BCUT2D eigenvalue weighted by atomic mass is 16.5. The van der Waals surface area contributed by atoms with Crippen LogP contribution in [0.25, 0.3) is 0 Å². The van der Waals surface area contributed by atoms with Crippen LogP contribution in [0.5, 0.6) is 5.75 Å². The maximum atomic E-state index is 5.45. The van der Waals surface area contributed by atoms with E-state index in [0.717, 1.165) is 18.8 Å². The third kappa shape index (κ3) is 6.46. The Hall–Kier alpha value is -1.05. The van der Waals surface area contributed by atoms with Crippen LogP contribution in [0.15, 0.2) is 24.5 Å². The zero-order valence-electron chi connectivity index (χ0n) is 9.66. The van der Waals surface area contributed by atoms with Crippen LogP contribution < -0.4 is 4.74 Å². The Kier molecular flexibility index (Phi) is 7.90. The van der Waals surface area contributed by atoms with Crippen molar-refractivity contribution in [3.8, 4) is 5.75 Å². The molecule has 80 valence electrons. The van der Waals surface area contributed by atoms with E-state index in [2.05, 4.69) is 18.8 Å². The summed E-state index contributed by atoms with van der Waals surface area (Å²) in [5.41, 5.74) is 0. The number of aromatic nitrogens is 1. The molecule has 1 aromatic rings. The first-order chi connectivity index (χ1) is 6.79. The van der Waals surface area contributed by atoms with E-state index in [1.54, 1.807) is 12.4 Å². The summed E-state index contributed by atoms with van der Waals surface area (Å²) < 4.78 is 5.45. The fourth-order valence-electron chi connectivity index (χ4n) is 0.845. The first kappa shape index (κ1) is 12.9. The molecule has 1 heterocycles. The lowest BCUT2D eigenvalue weighted by molar-refractivity contribution is 0.288. The zero-order valence-corrected chi connectivity index (χ0v) is 9.66. The number of pyridine rings is 1. The monoisotopic (exact) mass is 195 g/mol. The lowest BCUT2D eigenvalue weighted by Crippen LogP contribution is -2.01. The zero-order chi connectivity index (χ0) is 10.8. The van der Waals surface area contributed by atoms with Crippen molar-refractivity contribution in [2.24, 2.45) is 5.92 Å². The second kappa shape index (κ2) is 8.54. The topological polar surface area (TPSA) is 22.1 Å². The van der Waals surface area contributed by atoms with Crippen molar-refractivity contribution >= 4 is 0 Å². The van der Waals surface area contributed by atoms with Gasteiger partial charge in [0.1, 0.15) is 5.75 Å². The first-order valence-corrected chi connectivity index (χ1v) is 5.32. The van der Waals surface area contributed by atoms with Gasteiger partial charge in [0.05, 0.1) is 12.8 Å². The fourth-order valence-corrected chi connectivity index (χ4v) is 0.845. The van der Waals surface area contributed by atoms with Gasteiger partial charge in [-0.3, -0.25) is 4.98 Å². The van der Waals surface area contributed by atoms with Gasteiger partial charge in [0.25, 0.3) is 0 Å². The largest absolute Gasteiger partial charge is 0.492 e. The maximum absolute atomic E-state index is 5.45. The summed E-state index contributed by atoms with van der Waals surface area (Å²) in [4.78, 5) is 3.96. The Morgan fingerprint density at radius 2 is 2.07 bits per heavy atom. The van der Waals surface area contributed by atoms with Crippen LogP contribution in [-0.4, -0.2) is 11.6 Å². The lowest BCUT2D eigenvalue weighted by atomic mass is 10.1. The molecule has 0 radical (unpaired) electrons. The predicted molar refractivity (Wildman–Crippen MR) is 60.5 cm³/mol. The number of hydrogen-bond donors (Lipinski definition) is 0. The number of rotatable bonds is 4. The maximum Gasteiger partial charge on any atom is 0.137 e. The highest BCUT2D eigenvalue weighted by Gasteiger charge is 1.95. The van der Waals surface area contributed by atoms with Crippen LogP contribution in [0.4, 0.5) is 0 Å². The van der Waals surface area contributed by atoms with Crippen molar-refractivity contribution in [3.63, 3.8) is 0 Å². The molecular formula is C12H21NO. The van der Waals surface area contributed by atoms with Gasteiger partial charge in [-0.15, -0.1) is 0 Å². The fraction of sp³-hybridized carbons (Fsp3) is 0.583. The molecule has 2 nitrogen and oxygen atoms in total. The minimum atomic E-state index is 0.696. The van der Waals surface area contributed by atoms with E-state index < -0.39 is 0 Å². The van der Waals surface area contributed by atoms with Gasteiger partial charge >= 0.3 is 0 Å². The molecule has 0 aliphatic carbocycles. The Balaban J connectivity index is 0.000000791. The minimum Gasteiger partial charge on any atom is -0.492 e. The van der Waals surface area contributed by atoms with E-state index in [0.29, 0.717) is 5.92 Å². The van der Waals surface area contributed by atoms with Crippen molar-refractivity contribution in [2.75, 3.05) is 6.61 Å². The van der Waals surface area contributed by atoms with E-state index in [1.165, 1.54) is 0 Å². The highest BCUT2D eigenvalue weighted by Crippen LogP contribution is 2.08. The van der Waals surface area contributed by atoms with E-state index in [4.69, 9.17) is 4.74 Å². The standard InChI is InChI=1S/C10H15NO.C2H6/c1-9(2)5-7-12-10-4-3-6-11-8-10;1-2/h3-4,6,8-9H,5,7H2,1-2H3;1-2H3. The van der Waals surface area contributed by atoms with Crippen LogP contribution in [0, 0.1) is 5.92 Å². The smallest absolute Gasteiger partial charge is 0.137 e. The number of ether oxygens (including phenoxy) is 1. The first-order valence-electron chi connectivity index (χ1n) is 5.32. The number of nitrogens with zero attached hydrogens (tertiary/aromatic N) is 1. The Morgan fingerprint density at radius 3 is 2.57 bits per heavy atom. The molecule has 14 heavy (non-hydrogen) atoms. The second-order valence-electron chi connectivity index (χ2n) is 3.22. The molecule has 0 aliphatic heterocycles. The van der Waals surface area contributed by atoms with Crippen LogP contribution in [-0.2, 0) is 0 Å². The molecule has 0 spiro atoms. The van der Waals surface area contributed by atoms with Crippen molar-refractivity contribution < 1.29 is 4.74 Å². The molecule has 0 aliphatic rings. The molecule has 0 atom stereocenters. The molecule has 1 aromatic heterocycles. The average Bonchev–Trinajstić information content (AvgIpc) is 2.22. The van der Waals surface area contributed by atoms with Gasteiger partial charge in [-0.2, -0.15) is 0 Å². The van der Waals surface area contributed by atoms with E-state index in [1.807, 2.05) is 26.0 Å². The molecule has 1 rings (SSSR count). The van der Waals surface area contributed by atoms with Crippen LogP contribution in [0.1, 0.15) is 34.1 Å². The second-order valence-corrected chi connectivity index (χ2v) is 3.22. The van der Waals surface area contributed by atoms with Crippen LogP contribution >= 0.6 is 0 Å². The SMILES string of the molecule is CC.CC(C)CCOc1cccnc1.